The zero-order valence-electron chi connectivity index (χ0n) is 15.3. The first-order chi connectivity index (χ1) is 13.5. The number of nitrogens with one attached hydrogen (secondary N) is 1. The first-order valence-corrected chi connectivity index (χ1v) is 8.86. The molecule has 0 aliphatic carbocycles. The molecule has 1 atom stereocenters. The minimum Gasteiger partial charge on any atom is -0.497 e. The molecule has 0 spiro atoms. The van der Waals surface area contributed by atoms with Crippen molar-refractivity contribution in [2.45, 2.75) is 13.0 Å². The molecular weight excluding hydrogens is 382 g/mol. The predicted molar refractivity (Wildman–Crippen MR) is 106 cm³/mol. The zero-order valence-corrected chi connectivity index (χ0v) is 16.0. The number of hydrogen-bond acceptors (Lipinski definition) is 5. The van der Waals surface area contributed by atoms with Gasteiger partial charge in [-0.15, -0.1) is 0 Å². The molecule has 0 saturated heterocycles. The molecule has 1 heterocycles. The van der Waals surface area contributed by atoms with Crippen LogP contribution >= 0.6 is 11.6 Å². The van der Waals surface area contributed by atoms with E-state index in [9.17, 15) is 9.59 Å². The highest BCUT2D eigenvalue weighted by Crippen LogP contribution is 2.29. The van der Waals surface area contributed by atoms with Gasteiger partial charge in [-0.25, -0.2) is 4.79 Å². The summed E-state index contributed by atoms with van der Waals surface area (Å²) in [6, 6.07) is 17.1. The normalized spacial score (nSPS) is 11.5. The molecule has 0 saturated carbocycles. The van der Waals surface area contributed by atoms with Crippen molar-refractivity contribution in [1.29, 1.82) is 0 Å². The van der Waals surface area contributed by atoms with Gasteiger partial charge in [-0.05, 0) is 43.3 Å². The number of amides is 1. The van der Waals surface area contributed by atoms with Crippen LogP contribution in [0.2, 0.25) is 5.02 Å². The van der Waals surface area contributed by atoms with Gasteiger partial charge in [-0.1, -0.05) is 29.8 Å². The summed E-state index contributed by atoms with van der Waals surface area (Å²) in [6.45, 7) is 1.48. The summed E-state index contributed by atoms with van der Waals surface area (Å²) in [7, 11) is 1.53. The molecule has 3 aromatic rings. The van der Waals surface area contributed by atoms with E-state index < -0.39 is 18.0 Å². The second kappa shape index (κ2) is 8.63. The van der Waals surface area contributed by atoms with Crippen LogP contribution in [-0.2, 0) is 9.53 Å². The first-order valence-electron chi connectivity index (χ1n) is 8.48. The van der Waals surface area contributed by atoms with Crippen molar-refractivity contribution in [3.05, 3.63) is 71.4 Å². The summed E-state index contributed by atoms with van der Waals surface area (Å²) in [4.78, 5) is 24.6. The monoisotopic (exact) mass is 399 g/mol. The third-order valence-corrected chi connectivity index (χ3v) is 4.27. The average molecular weight is 400 g/mol. The van der Waals surface area contributed by atoms with E-state index in [2.05, 4.69) is 5.32 Å². The number of anilines is 1. The van der Waals surface area contributed by atoms with Crippen LogP contribution in [0.25, 0.3) is 11.3 Å². The van der Waals surface area contributed by atoms with Crippen molar-refractivity contribution in [3.8, 4) is 17.1 Å². The van der Waals surface area contributed by atoms with Crippen molar-refractivity contribution in [3.63, 3.8) is 0 Å². The van der Waals surface area contributed by atoms with Gasteiger partial charge < -0.3 is 19.2 Å². The standard InChI is InChI=1S/C21H18ClNO5/c1-13(20(24)23-14-6-5-7-15(12-14)26-2)27-21(25)19-11-10-18(28-19)16-8-3-4-9-17(16)22/h3-13H,1-2H3,(H,23,24). The maximum atomic E-state index is 12.3. The summed E-state index contributed by atoms with van der Waals surface area (Å²) < 4.78 is 15.8. The molecule has 1 aromatic heterocycles. The quantitative estimate of drug-likeness (QED) is 0.603. The van der Waals surface area contributed by atoms with E-state index in [0.29, 0.717) is 27.8 Å². The largest absolute Gasteiger partial charge is 0.497 e. The first kappa shape index (κ1) is 19.5. The summed E-state index contributed by atoms with van der Waals surface area (Å²) in [5.41, 5.74) is 1.19. The number of carbonyl (C=O) groups excluding carboxylic acids is 2. The summed E-state index contributed by atoms with van der Waals surface area (Å²) >= 11 is 6.13. The lowest BCUT2D eigenvalue weighted by atomic mass is 10.2. The number of methoxy groups -OCH3 is 1. The Labute approximate surface area is 167 Å². The molecule has 3 rings (SSSR count). The highest BCUT2D eigenvalue weighted by Gasteiger charge is 2.22. The molecule has 6 nitrogen and oxygen atoms in total. The maximum Gasteiger partial charge on any atom is 0.375 e. The maximum absolute atomic E-state index is 12.3. The summed E-state index contributed by atoms with van der Waals surface area (Å²) in [5, 5.41) is 3.17. The van der Waals surface area contributed by atoms with Crippen LogP contribution in [0.1, 0.15) is 17.5 Å². The predicted octanol–water partition coefficient (Wildman–Crippen LogP) is 4.79. The highest BCUT2D eigenvalue weighted by atomic mass is 35.5. The molecule has 1 unspecified atom stereocenters. The van der Waals surface area contributed by atoms with Gasteiger partial charge in [-0.2, -0.15) is 0 Å². The lowest BCUT2D eigenvalue weighted by Gasteiger charge is -2.13. The van der Waals surface area contributed by atoms with Gasteiger partial charge in [0.05, 0.1) is 12.1 Å². The second-order valence-electron chi connectivity index (χ2n) is 5.91. The van der Waals surface area contributed by atoms with Crippen LogP contribution < -0.4 is 10.1 Å². The smallest absolute Gasteiger partial charge is 0.375 e. The Kier molecular flexibility index (Phi) is 6.01. The molecule has 0 aliphatic heterocycles. The highest BCUT2D eigenvalue weighted by molar-refractivity contribution is 6.33. The molecule has 1 N–H and O–H groups in total. The Morgan fingerprint density at radius 2 is 1.86 bits per heavy atom. The van der Waals surface area contributed by atoms with Gasteiger partial charge in [-0.3, -0.25) is 4.79 Å². The van der Waals surface area contributed by atoms with Crippen LogP contribution in [-0.4, -0.2) is 25.1 Å². The Hall–Kier alpha value is -3.25. The summed E-state index contributed by atoms with van der Waals surface area (Å²) in [5.74, 6) is -0.196. The number of furan rings is 1. The fourth-order valence-electron chi connectivity index (χ4n) is 2.47. The van der Waals surface area contributed by atoms with Crippen molar-refractivity contribution < 1.29 is 23.5 Å². The van der Waals surface area contributed by atoms with Gasteiger partial charge in [0.2, 0.25) is 5.76 Å². The molecule has 144 valence electrons. The Morgan fingerprint density at radius 1 is 1.07 bits per heavy atom. The fourth-order valence-corrected chi connectivity index (χ4v) is 2.70. The minimum absolute atomic E-state index is 0.0176. The van der Waals surface area contributed by atoms with Gasteiger partial charge in [0.25, 0.3) is 5.91 Å². The SMILES string of the molecule is COc1cccc(NC(=O)C(C)OC(=O)c2ccc(-c3ccccc3Cl)o2)c1. The van der Waals surface area contributed by atoms with Crippen molar-refractivity contribution >= 4 is 29.2 Å². The van der Waals surface area contributed by atoms with Gasteiger partial charge in [0.1, 0.15) is 11.5 Å². The third-order valence-electron chi connectivity index (χ3n) is 3.94. The second-order valence-corrected chi connectivity index (χ2v) is 6.32. The van der Waals surface area contributed by atoms with E-state index in [4.69, 9.17) is 25.5 Å². The molecule has 0 aliphatic rings. The molecular formula is C21H18ClNO5. The number of rotatable bonds is 6. The molecule has 0 radical (unpaired) electrons. The fraction of sp³-hybridized carbons (Fsp3) is 0.143. The molecule has 28 heavy (non-hydrogen) atoms. The minimum atomic E-state index is -1.02. The van der Waals surface area contributed by atoms with E-state index in [1.807, 2.05) is 6.07 Å². The topological polar surface area (TPSA) is 77.8 Å². The van der Waals surface area contributed by atoms with E-state index in [0.717, 1.165) is 0 Å². The number of halogens is 1. The van der Waals surface area contributed by atoms with Crippen molar-refractivity contribution in [2.75, 3.05) is 12.4 Å². The van der Waals surface area contributed by atoms with E-state index >= 15 is 0 Å². The molecule has 1 amide bonds. The number of hydrogen-bond donors (Lipinski definition) is 1. The number of ether oxygens (including phenoxy) is 2. The molecule has 2 aromatic carbocycles. The van der Waals surface area contributed by atoms with Gasteiger partial charge in [0.15, 0.2) is 6.10 Å². The number of esters is 1. The Morgan fingerprint density at radius 3 is 2.61 bits per heavy atom. The lowest BCUT2D eigenvalue weighted by Crippen LogP contribution is -2.29. The van der Waals surface area contributed by atoms with Gasteiger partial charge >= 0.3 is 5.97 Å². The zero-order chi connectivity index (χ0) is 20.1. The van der Waals surface area contributed by atoms with Crippen molar-refractivity contribution in [2.24, 2.45) is 0 Å². The van der Waals surface area contributed by atoms with Crippen LogP contribution in [0.4, 0.5) is 5.69 Å². The van der Waals surface area contributed by atoms with E-state index in [1.165, 1.54) is 20.1 Å². The number of carbonyl (C=O) groups is 2. The van der Waals surface area contributed by atoms with Crippen LogP contribution in [0, 0.1) is 0 Å². The molecule has 7 heteroatoms. The number of benzene rings is 2. The molecule has 0 fully saturated rings. The molecule has 0 bridgehead atoms. The van der Waals surface area contributed by atoms with Crippen LogP contribution in [0.15, 0.2) is 65.1 Å². The summed E-state index contributed by atoms with van der Waals surface area (Å²) in [6.07, 6.45) is -1.02. The third kappa shape index (κ3) is 4.53. The van der Waals surface area contributed by atoms with Crippen LogP contribution in [0.3, 0.4) is 0 Å². The lowest BCUT2D eigenvalue weighted by molar-refractivity contribution is -0.123. The van der Waals surface area contributed by atoms with E-state index in [1.54, 1.807) is 48.5 Å². The van der Waals surface area contributed by atoms with E-state index in [-0.39, 0.29) is 5.76 Å². The van der Waals surface area contributed by atoms with Crippen LogP contribution in [0.5, 0.6) is 5.75 Å². The average Bonchev–Trinajstić information content (AvgIpc) is 3.18. The van der Waals surface area contributed by atoms with Crippen molar-refractivity contribution in [1.82, 2.24) is 0 Å². The Bertz CT molecular complexity index is 998. The Balaban J connectivity index is 1.64. The van der Waals surface area contributed by atoms with Gasteiger partial charge in [0, 0.05) is 17.3 Å².